The van der Waals surface area contributed by atoms with Crippen molar-refractivity contribution in [3.63, 3.8) is 0 Å². The van der Waals surface area contributed by atoms with Gasteiger partial charge in [-0.1, -0.05) is 13.0 Å². The summed E-state index contributed by atoms with van der Waals surface area (Å²) in [6.45, 7) is 5.30. The molecule has 2 heterocycles. The standard InChI is InChI=1S/C34H53N5O5/c1-21-8-9-22-17-24-28(29(41)42)32(43,20-44-26-7-3-6-25-23(26)5-4-13-38-25)27-10-11-31(18-37-14-16-40)12-15-39(30(35)36-2)19-33(22,31)34(21,24)27/h12,15,21-23,25-27,37-38,40,43H,3-11,13-14,16-20H2,1-2H3,(H2,35,36)(H,41,42). The lowest BCUT2D eigenvalue weighted by Crippen LogP contribution is -2.72. The summed E-state index contributed by atoms with van der Waals surface area (Å²) in [5.41, 5.74) is 5.01. The van der Waals surface area contributed by atoms with Gasteiger partial charge in [0.05, 0.1) is 24.9 Å². The number of hydrogen-bond donors (Lipinski definition) is 6. The third-order valence-corrected chi connectivity index (χ3v) is 13.8. The number of ether oxygens (including phenoxy) is 1. The van der Waals surface area contributed by atoms with Gasteiger partial charge in [-0.15, -0.1) is 0 Å². The fourth-order valence-electron chi connectivity index (χ4n) is 12.5. The van der Waals surface area contributed by atoms with Crippen molar-refractivity contribution < 1.29 is 24.9 Å². The molecule has 10 heteroatoms. The maximum absolute atomic E-state index is 13.4. The summed E-state index contributed by atoms with van der Waals surface area (Å²) in [7, 11) is 1.71. The number of carbonyl (C=O) groups is 1. The number of aliphatic imine (C=N–C) groups is 1. The number of nitrogens with one attached hydrogen (secondary N) is 2. The van der Waals surface area contributed by atoms with E-state index in [4.69, 9.17) is 10.5 Å². The van der Waals surface area contributed by atoms with Crippen molar-refractivity contribution in [1.82, 2.24) is 15.5 Å². The van der Waals surface area contributed by atoms with E-state index >= 15 is 0 Å². The minimum absolute atomic E-state index is 0.0353. The van der Waals surface area contributed by atoms with Crippen LogP contribution in [0.2, 0.25) is 0 Å². The van der Waals surface area contributed by atoms with E-state index in [2.05, 4.69) is 39.7 Å². The zero-order valence-corrected chi connectivity index (χ0v) is 26.6. The maximum Gasteiger partial charge on any atom is 0.334 e. The van der Waals surface area contributed by atoms with E-state index in [-0.39, 0.29) is 53.5 Å². The topological polar surface area (TPSA) is 153 Å². The highest BCUT2D eigenvalue weighted by atomic mass is 16.5. The molecule has 10 atom stereocenters. The molecule has 2 bridgehead atoms. The average Bonchev–Trinajstić information content (AvgIpc) is 3.37. The Kier molecular flexibility index (Phi) is 7.72. The molecule has 0 radical (unpaired) electrons. The van der Waals surface area contributed by atoms with Gasteiger partial charge >= 0.3 is 5.97 Å². The largest absolute Gasteiger partial charge is 0.478 e. The molecule has 10 nitrogen and oxygen atoms in total. The van der Waals surface area contributed by atoms with Crippen molar-refractivity contribution >= 4 is 11.9 Å². The van der Waals surface area contributed by atoms with Crippen LogP contribution in [0.15, 0.2) is 28.4 Å². The van der Waals surface area contributed by atoms with Crippen LogP contribution in [0.25, 0.3) is 0 Å². The molecule has 0 aromatic rings. The number of piperidine rings is 1. The summed E-state index contributed by atoms with van der Waals surface area (Å²) in [5.74, 6) is 0.0769. The van der Waals surface area contributed by atoms with Crippen LogP contribution in [0, 0.1) is 39.9 Å². The van der Waals surface area contributed by atoms with Gasteiger partial charge in [0.15, 0.2) is 5.96 Å². The summed E-state index contributed by atoms with van der Waals surface area (Å²) in [5, 5.41) is 40.9. The van der Waals surface area contributed by atoms with Gasteiger partial charge in [0.25, 0.3) is 0 Å². The van der Waals surface area contributed by atoms with E-state index in [0.717, 1.165) is 69.9 Å². The Bertz CT molecular complexity index is 1250. The Balaban J connectivity index is 1.34. The van der Waals surface area contributed by atoms with E-state index in [1.54, 1.807) is 7.05 Å². The lowest BCUT2D eigenvalue weighted by molar-refractivity contribution is -0.223. The molecule has 5 aliphatic carbocycles. The zero-order valence-electron chi connectivity index (χ0n) is 26.6. The fourth-order valence-corrected chi connectivity index (χ4v) is 12.5. The fraction of sp³-hybridized carbons (Fsp3) is 0.824. The Morgan fingerprint density at radius 3 is 2.84 bits per heavy atom. The number of aliphatic hydroxyl groups excluding tert-OH is 1. The van der Waals surface area contributed by atoms with Gasteiger partial charge in [-0.3, -0.25) is 4.99 Å². The summed E-state index contributed by atoms with van der Waals surface area (Å²) < 4.78 is 6.77. The highest BCUT2D eigenvalue weighted by molar-refractivity contribution is 5.92. The second-order valence-corrected chi connectivity index (χ2v) is 15.1. The minimum atomic E-state index is -1.55. The Labute approximate surface area is 261 Å². The van der Waals surface area contributed by atoms with Crippen LogP contribution in [-0.4, -0.2) is 96.3 Å². The van der Waals surface area contributed by atoms with Gasteiger partial charge in [-0.05, 0) is 88.2 Å². The molecular formula is C34H53N5O5. The number of fused-ring (bicyclic) bond motifs is 1. The third-order valence-electron chi connectivity index (χ3n) is 13.8. The van der Waals surface area contributed by atoms with E-state index in [1.807, 2.05) is 0 Å². The Hall–Kier alpha value is -1.98. The first-order valence-electron chi connectivity index (χ1n) is 17.2. The van der Waals surface area contributed by atoms with Crippen molar-refractivity contribution in [2.45, 2.75) is 88.9 Å². The second-order valence-electron chi connectivity index (χ2n) is 15.1. The van der Waals surface area contributed by atoms with Gasteiger partial charge in [0.2, 0.25) is 0 Å². The summed E-state index contributed by atoms with van der Waals surface area (Å²) >= 11 is 0. The predicted octanol–water partition coefficient (Wildman–Crippen LogP) is 2.22. The molecule has 244 valence electrons. The summed E-state index contributed by atoms with van der Waals surface area (Å²) in [6, 6.07) is 0.450. The van der Waals surface area contributed by atoms with Gasteiger partial charge in [0.1, 0.15) is 5.60 Å². The maximum atomic E-state index is 13.4. The lowest BCUT2D eigenvalue weighted by atomic mass is 9.35. The first-order valence-corrected chi connectivity index (χ1v) is 17.2. The average molecular weight is 612 g/mol. The molecule has 0 amide bonds. The van der Waals surface area contributed by atoms with Crippen LogP contribution in [0.3, 0.4) is 0 Å². The molecule has 1 saturated heterocycles. The summed E-state index contributed by atoms with van der Waals surface area (Å²) in [4.78, 5) is 19.8. The third kappa shape index (κ3) is 3.90. The smallest absolute Gasteiger partial charge is 0.334 e. The van der Waals surface area contributed by atoms with Crippen molar-refractivity contribution in [1.29, 1.82) is 0 Å². The van der Waals surface area contributed by atoms with Gasteiger partial charge in [-0.2, -0.15) is 0 Å². The number of carboxylic acid groups (broad SMARTS) is 1. The first kappa shape index (κ1) is 30.7. The van der Waals surface area contributed by atoms with Crippen LogP contribution in [0.4, 0.5) is 0 Å². The Morgan fingerprint density at radius 2 is 2.07 bits per heavy atom. The molecule has 2 spiro atoms. The number of allylic oxidation sites excluding steroid dienone is 1. The van der Waals surface area contributed by atoms with Crippen LogP contribution in [-0.2, 0) is 9.53 Å². The van der Waals surface area contributed by atoms with Crippen LogP contribution in [0.5, 0.6) is 0 Å². The molecule has 10 unspecified atom stereocenters. The number of nitrogens with two attached hydrogens (primary N) is 1. The van der Waals surface area contributed by atoms with Crippen LogP contribution >= 0.6 is 0 Å². The summed E-state index contributed by atoms with van der Waals surface area (Å²) in [6.07, 6.45) is 14.2. The van der Waals surface area contributed by atoms with Gasteiger partial charge < -0.3 is 41.3 Å². The van der Waals surface area contributed by atoms with E-state index < -0.39 is 17.0 Å². The number of guanidine groups is 1. The number of aliphatic hydroxyl groups is 2. The van der Waals surface area contributed by atoms with Crippen molar-refractivity contribution in [3.8, 4) is 0 Å². The SMILES string of the molecule is CN=C(N)N1C=CC2(CNCCO)CCC3C(O)(COC4CCCC5NCCCC54)C(C(=O)O)=C4CC5CCC(C)C43C52C1. The number of nitrogens with zero attached hydrogens (tertiary/aromatic N) is 2. The van der Waals surface area contributed by atoms with E-state index in [9.17, 15) is 20.1 Å². The predicted molar refractivity (Wildman–Crippen MR) is 168 cm³/mol. The van der Waals surface area contributed by atoms with Gasteiger partial charge in [0, 0.05) is 67.0 Å². The molecule has 0 aromatic heterocycles. The molecule has 7 aliphatic rings. The van der Waals surface area contributed by atoms with Crippen LogP contribution < -0.4 is 16.4 Å². The number of rotatable bonds is 8. The quantitative estimate of drug-likeness (QED) is 0.138. The van der Waals surface area contributed by atoms with Crippen LogP contribution in [0.1, 0.15) is 71.1 Å². The Morgan fingerprint density at radius 1 is 1.23 bits per heavy atom. The molecule has 7 rings (SSSR count). The molecule has 0 aromatic carbocycles. The molecule has 4 saturated carbocycles. The number of hydrogen-bond acceptors (Lipinski definition) is 7. The normalized spacial score (nSPS) is 46.1. The highest BCUT2D eigenvalue weighted by Gasteiger charge is 2.83. The van der Waals surface area contributed by atoms with E-state index in [1.165, 1.54) is 0 Å². The second kappa shape index (κ2) is 11.1. The molecule has 7 N–H and O–H groups in total. The molecule has 44 heavy (non-hydrogen) atoms. The van der Waals surface area contributed by atoms with E-state index in [0.29, 0.717) is 44.0 Å². The van der Waals surface area contributed by atoms with Gasteiger partial charge in [-0.25, -0.2) is 4.79 Å². The lowest BCUT2D eigenvalue weighted by Gasteiger charge is -2.70. The molecule has 2 aliphatic heterocycles. The van der Waals surface area contributed by atoms with Crippen molar-refractivity contribution in [2.24, 2.45) is 50.6 Å². The monoisotopic (exact) mass is 611 g/mol. The van der Waals surface area contributed by atoms with Crippen molar-refractivity contribution in [3.05, 3.63) is 23.4 Å². The first-order chi connectivity index (χ1) is 21.2. The molecular weight excluding hydrogens is 558 g/mol. The minimum Gasteiger partial charge on any atom is -0.478 e. The molecule has 5 fully saturated rings. The number of aliphatic carboxylic acids is 1. The van der Waals surface area contributed by atoms with Crippen molar-refractivity contribution in [2.75, 3.05) is 46.4 Å². The highest BCUT2D eigenvalue weighted by Crippen LogP contribution is 2.84. The number of carboxylic acids is 1. The zero-order chi connectivity index (χ0) is 30.9.